The lowest BCUT2D eigenvalue weighted by molar-refractivity contribution is 0.0981. The molecule has 0 spiro atoms. The SMILES string of the molecule is CC(C)=CCC(O)C1=CCc2c(O)ccc(O)c2C1=O. The maximum Gasteiger partial charge on any atom is 0.195 e. The summed E-state index contributed by atoms with van der Waals surface area (Å²) in [5.74, 6) is -0.600. The Labute approximate surface area is 117 Å². The highest BCUT2D eigenvalue weighted by molar-refractivity contribution is 6.13. The third-order valence-electron chi connectivity index (χ3n) is 3.39. The fourth-order valence-electron chi connectivity index (χ4n) is 2.30. The van der Waals surface area contributed by atoms with E-state index >= 15 is 0 Å². The number of phenols is 2. The number of hydrogen-bond acceptors (Lipinski definition) is 4. The van der Waals surface area contributed by atoms with Crippen LogP contribution in [0.4, 0.5) is 0 Å². The van der Waals surface area contributed by atoms with Crippen molar-refractivity contribution in [1.29, 1.82) is 0 Å². The van der Waals surface area contributed by atoms with Gasteiger partial charge < -0.3 is 15.3 Å². The topological polar surface area (TPSA) is 77.8 Å². The minimum Gasteiger partial charge on any atom is -0.508 e. The predicted molar refractivity (Wildman–Crippen MR) is 75.9 cm³/mol. The van der Waals surface area contributed by atoms with Crippen molar-refractivity contribution in [3.63, 3.8) is 0 Å². The van der Waals surface area contributed by atoms with Crippen molar-refractivity contribution >= 4 is 5.78 Å². The summed E-state index contributed by atoms with van der Waals surface area (Å²) >= 11 is 0. The Bertz CT molecular complexity index is 607. The number of carbonyl (C=O) groups excluding carboxylic acids is 1. The summed E-state index contributed by atoms with van der Waals surface area (Å²) in [6, 6.07) is 2.65. The van der Waals surface area contributed by atoms with Crippen LogP contribution in [-0.2, 0) is 6.42 Å². The van der Waals surface area contributed by atoms with Gasteiger partial charge in [0.05, 0.1) is 11.7 Å². The Hall–Kier alpha value is -2.07. The number of aliphatic hydroxyl groups is 1. The molecule has 1 unspecified atom stereocenters. The average Bonchev–Trinajstić information content (AvgIpc) is 2.40. The number of benzene rings is 1. The van der Waals surface area contributed by atoms with E-state index in [-0.39, 0.29) is 22.6 Å². The van der Waals surface area contributed by atoms with E-state index in [0.717, 1.165) is 5.57 Å². The van der Waals surface area contributed by atoms with Crippen LogP contribution in [0.15, 0.2) is 35.4 Å². The number of ketones is 1. The van der Waals surface area contributed by atoms with Crippen LogP contribution in [0.5, 0.6) is 11.5 Å². The molecule has 1 aliphatic rings. The molecule has 0 amide bonds. The number of carbonyl (C=O) groups is 1. The molecular weight excluding hydrogens is 256 g/mol. The molecular formula is C16H18O4. The van der Waals surface area contributed by atoms with Gasteiger partial charge in [-0.2, -0.15) is 0 Å². The lowest BCUT2D eigenvalue weighted by Crippen LogP contribution is -2.22. The first-order chi connectivity index (χ1) is 9.41. The van der Waals surface area contributed by atoms with E-state index in [1.54, 1.807) is 6.08 Å². The summed E-state index contributed by atoms with van der Waals surface area (Å²) in [6.45, 7) is 3.84. The molecule has 0 saturated heterocycles. The van der Waals surface area contributed by atoms with Gasteiger partial charge in [-0.25, -0.2) is 0 Å². The van der Waals surface area contributed by atoms with Gasteiger partial charge >= 0.3 is 0 Å². The van der Waals surface area contributed by atoms with Gasteiger partial charge in [0.25, 0.3) is 0 Å². The molecule has 4 nitrogen and oxygen atoms in total. The first-order valence-electron chi connectivity index (χ1n) is 6.51. The molecule has 3 N–H and O–H groups in total. The number of aromatic hydroxyl groups is 2. The summed E-state index contributed by atoms with van der Waals surface area (Å²) in [5.41, 5.74) is 1.84. The summed E-state index contributed by atoms with van der Waals surface area (Å²) in [6.07, 6.45) is 3.26. The smallest absolute Gasteiger partial charge is 0.195 e. The van der Waals surface area contributed by atoms with Crippen molar-refractivity contribution in [2.24, 2.45) is 0 Å². The second-order valence-corrected chi connectivity index (χ2v) is 5.18. The number of phenolic OH excluding ortho intramolecular Hbond substituents is 2. The van der Waals surface area contributed by atoms with E-state index in [4.69, 9.17) is 0 Å². The summed E-state index contributed by atoms with van der Waals surface area (Å²) in [7, 11) is 0. The van der Waals surface area contributed by atoms with Crippen LogP contribution in [0.3, 0.4) is 0 Å². The Morgan fingerprint density at radius 3 is 2.60 bits per heavy atom. The molecule has 0 aliphatic heterocycles. The van der Waals surface area contributed by atoms with Gasteiger partial charge in [0.15, 0.2) is 5.78 Å². The van der Waals surface area contributed by atoms with Crippen molar-refractivity contribution in [2.45, 2.75) is 32.8 Å². The maximum atomic E-state index is 12.4. The fraction of sp³-hybridized carbons (Fsp3) is 0.312. The van der Waals surface area contributed by atoms with Crippen LogP contribution >= 0.6 is 0 Å². The largest absolute Gasteiger partial charge is 0.508 e. The van der Waals surface area contributed by atoms with Gasteiger partial charge in [-0.05, 0) is 38.8 Å². The minimum absolute atomic E-state index is 0.0137. The molecule has 2 rings (SSSR count). The Balaban J connectivity index is 2.33. The number of Topliss-reactive ketones (excluding diaryl/α,β-unsaturated/α-hetero) is 1. The third kappa shape index (κ3) is 2.60. The van der Waals surface area contributed by atoms with Crippen molar-refractivity contribution in [3.05, 3.63) is 46.6 Å². The van der Waals surface area contributed by atoms with E-state index in [9.17, 15) is 20.1 Å². The molecule has 0 heterocycles. The molecule has 1 aromatic carbocycles. The number of hydrogen-bond donors (Lipinski definition) is 3. The molecule has 0 bridgehead atoms. The first-order valence-corrected chi connectivity index (χ1v) is 6.51. The molecule has 1 aliphatic carbocycles. The molecule has 20 heavy (non-hydrogen) atoms. The van der Waals surface area contributed by atoms with Gasteiger partial charge in [-0.15, -0.1) is 0 Å². The van der Waals surface area contributed by atoms with Gasteiger partial charge in [-0.3, -0.25) is 4.79 Å². The van der Waals surface area contributed by atoms with Crippen LogP contribution in [0.25, 0.3) is 0 Å². The zero-order chi connectivity index (χ0) is 14.9. The monoisotopic (exact) mass is 274 g/mol. The highest BCUT2D eigenvalue weighted by Crippen LogP contribution is 2.35. The minimum atomic E-state index is -0.896. The molecule has 0 saturated carbocycles. The zero-order valence-corrected chi connectivity index (χ0v) is 11.6. The lowest BCUT2D eigenvalue weighted by atomic mass is 9.86. The quantitative estimate of drug-likeness (QED) is 0.584. The number of rotatable bonds is 3. The Morgan fingerprint density at radius 1 is 1.30 bits per heavy atom. The van der Waals surface area contributed by atoms with E-state index in [2.05, 4.69) is 0 Å². The molecule has 106 valence electrons. The second-order valence-electron chi connectivity index (χ2n) is 5.18. The molecule has 1 atom stereocenters. The highest BCUT2D eigenvalue weighted by Gasteiger charge is 2.29. The van der Waals surface area contributed by atoms with E-state index < -0.39 is 11.9 Å². The van der Waals surface area contributed by atoms with Crippen LogP contribution in [0.1, 0.15) is 36.2 Å². The van der Waals surface area contributed by atoms with Crippen LogP contribution in [0, 0.1) is 0 Å². The first kappa shape index (κ1) is 14.3. The van der Waals surface area contributed by atoms with E-state index in [0.29, 0.717) is 18.4 Å². The maximum absolute atomic E-state index is 12.4. The highest BCUT2D eigenvalue weighted by atomic mass is 16.3. The van der Waals surface area contributed by atoms with Crippen LogP contribution in [-0.4, -0.2) is 27.2 Å². The average molecular weight is 274 g/mol. The van der Waals surface area contributed by atoms with Gasteiger partial charge in [0, 0.05) is 11.1 Å². The lowest BCUT2D eigenvalue weighted by Gasteiger charge is -2.20. The van der Waals surface area contributed by atoms with Crippen molar-refractivity contribution in [3.8, 4) is 11.5 Å². The molecule has 0 aromatic heterocycles. The van der Waals surface area contributed by atoms with Crippen molar-refractivity contribution in [1.82, 2.24) is 0 Å². The second kappa shape index (κ2) is 5.51. The number of fused-ring (bicyclic) bond motifs is 1. The number of allylic oxidation sites excluding steroid dienone is 2. The van der Waals surface area contributed by atoms with Gasteiger partial charge in [-0.1, -0.05) is 17.7 Å². The Morgan fingerprint density at radius 2 is 1.95 bits per heavy atom. The molecule has 4 heteroatoms. The summed E-state index contributed by atoms with van der Waals surface area (Å²) < 4.78 is 0. The van der Waals surface area contributed by atoms with Gasteiger partial charge in [0.2, 0.25) is 0 Å². The number of aliphatic hydroxyl groups excluding tert-OH is 1. The normalized spacial score (nSPS) is 15.3. The Kier molecular flexibility index (Phi) is 3.95. The summed E-state index contributed by atoms with van der Waals surface area (Å²) in [4.78, 5) is 12.4. The summed E-state index contributed by atoms with van der Waals surface area (Å²) in [5, 5.41) is 29.7. The van der Waals surface area contributed by atoms with E-state index in [1.165, 1.54) is 12.1 Å². The van der Waals surface area contributed by atoms with Crippen LogP contribution < -0.4 is 0 Å². The standard InChI is InChI=1S/C16H18O4/c1-9(2)3-6-13(18)11-5-4-10-12(17)7-8-14(19)15(10)16(11)20/h3,5,7-8,13,17-19H,4,6H2,1-2H3. The molecule has 0 radical (unpaired) electrons. The van der Waals surface area contributed by atoms with Crippen LogP contribution in [0.2, 0.25) is 0 Å². The van der Waals surface area contributed by atoms with Gasteiger partial charge in [0.1, 0.15) is 11.5 Å². The molecule has 1 aromatic rings. The fourth-order valence-corrected chi connectivity index (χ4v) is 2.30. The zero-order valence-electron chi connectivity index (χ0n) is 11.6. The predicted octanol–water partition coefficient (Wildman–Crippen LogP) is 2.48. The third-order valence-corrected chi connectivity index (χ3v) is 3.39. The van der Waals surface area contributed by atoms with E-state index in [1.807, 2.05) is 19.9 Å². The van der Waals surface area contributed by atoms with Crippen molar-refractivity contribution in [2.75, 3.05) is 0 Å². The molecule has 0 fully saturated rings. The van der Waals surface area contributed by atoms with Crippen molar-refractivity contribution < 1.29 is 20.1 Å².